The van der Waals surface area contributed by atoms with Crippen LogP contribution in [0.5, 0.6) is 0 Å². The van der Waals surface area contributed by atoms with Gasteiger partial charge in [-0.05, 0) is 30.0 Å². The molecular weight excluding hydrogens is 487 g/mol. The van der Waals surface area contributed by atoms with Crippen molar-refractivity contribution < 1.29 is 32.6 Å². The van der Waals surface area contributed by atoms with Crippen molar-refractivity contribution in [1.82, 2.24) is 19.5 Å². The maximum absolute atomic E-state index is 12.6. The number of aliphatic carboxylic acids is 1. The minimum Gasteiger partial charge on any atom is -0.475 e. The van der Waals surface area contributed by atoms with E-state index in [0.717, 1.165) is 61.3 Å². The van der Waals surface area contributed by atoms with E-state index in [9.17, 15) is 18.0 Å². The number of halogens is 3. The van der Waals surface area contributed by atoms with Gasteiger partial charge >= 0.3 is 12.1 Å². The molecule has 0 aromatic carbocycles. The third-order valence-electron chi connectivity index (χ3n) is 5.76. The molecule has 5 heterocycles. The van der Waals surface area contributed by atoms with Gasteiger partial charge in [-0.1, -0.05) is 6.07 Å². The lowest BCUT2D eigenvalue weighted by Gasteiger charge is -2.28. The Kier molecular flexibility index (Phi) is 7.55. The van der Waals surface area contributed by atoms with E-state index in [-0.39, 0.29) is 11.8 Å². The predicted octanol–water partition coefficient (Wildman–Crippen LogP) is 2.82. The van der Waals surface area contributed by atoms with Crippen molar-refractivity contribution in [3.63, 3.8) is 0 Å². The van der Waals surface area contributed by atoms with Crippen molar-refractivity contribution in [2.45, 2.75) is 24.9 Å². The van der Waals surface area contributed by atoms with Crippen LogP contribution in [0.15, 0.2) is 35.8 Å². The number of pyridine rings is 1. The maximum Gasteiger partial charge on any atom is 0.490 e. The summed E-state index contributed by atoms with van der Waals surface area (Å²) in [6.07, 6.45) is -1.62. The van der Waals surface area contributed by atoms with E-state index >= 15 is 0 Å². The van der Waals surface area contributed by atoms with Crippen molar-refractivity contribution in [3.05, 3.63) is 46.5 Å². The molecule has 2 saturated heterocycles. The quantitative estimate of drug-likeness (QED) is 0.575. The Morgan fingerprint density at radius 3 is 2.57 bits per heavy atom. The second-order valence-corrected chi connectivity index (χ2v) is 9.18. The van der Waals surface area contributed by atoms with Crippen molar-refractivity contribution >= 4 is 34.5 Å². The van der Waals surface area contributed by atoms with E-state index in [1.807, 2.05) is 39.2 Å². The van der Waals surface area contributed by atoms with Gasteiger partial charge in [0.25, 0.3) is 0 Å². The summed E-state index contributed by atoms with van der Waals surface area (Å²) in [4.78, 5) is 31.6. The van der Waals surface area contributed by atoms with Gasteiger partial charge in [-0.25, -0.2) is 14.3 Å². The number of rotatable bonds is 4. The number of ether oxygens (including phenoxy) is 1. The summed E-state index contributed by atoms with van der Waals surface area (Å²) in [6, 6.07) is 8.14. The van der Waals surface area contributed by atoms with Crippen LogP contribution in [0.3, 0.4) is 0 Å². The first-order valence-corrected chi connectivity index (χ1v) is 11.9. The number of carbonyl (C=O) groups is 2. The van der Waals surface area contributed by atoms with Gasteiger partial charge in [0.2, 0.25) is 5.91 Å². The van der Waals surface area contributed by atoms with Crippen LogP contribution in [0.1, 0.15) is 23.0 Å². The topological polar surface area (TPSA) is 100 Å². The van der Waals surface area contributed by atoms with Gasteiger partial charge in [-0.2, -0.15) is 18.3 Å². The highest BCUT2D eigenvalue weighted by molar-refractivity contribution is 7.10. The van der Waals surface area contributed by atoms with Gasteiger partial charge in [0.05, 0.1) is 31.5 Å². The number of morpholine rings is 1. The Balaban J connectivity index is 0.000000364. The molecule has 1 atom stereocenters. The number of carboxylic acid groups (broad SMARTS) is 1. The smallest absolute Gasteiger partial charge is 0.475 e. The molecular formula is C22H24F3N5O4S. The molecule has 0 aliphatic carbocycles. The molecule has 2 aliphatic rings. The minimum absolute atomic E-state index is 0.198. The largest absolute Gasteiger partial charge is 0.490 e. The summed E-state index contributed by atoms with van der Waals surface area (Å²) in [5.74, 6) is -1.51. The lowest BCUT2D eigenvalue weighted by Crippen LogP contribution is -2.36. The number of hydrogen-bond acceptors (Lipinski definition) is 7. The molecule has 188 valence electrons. The molecule has 1 amide bonds. The Bertz CT molecular complexity index is 1160. The molecule has 3 aromatic rings. The zero-order chi connectivity index (χ0) is 25.0. The van der Waals surface area contributed by atoms with E-state index in [4.69, 9.17) is 24.7 Å². The van der Waals surface area contributed by atoms with Crippen LogP contribution in [0.4, 0.5) is 18.9 Å². The fourth-order valence-electron chi connectivity index (χ4n) is 3.94. The number of likely N-dealkylation sites (tertiary alicyclic amines) is 1. The van der Waals surface area contributed by atoms with Gasteiger partial charge in [-0.3, -0.25) is 4.79 Å². The Hall–Kier alpha value is -3.19. The zero-order valence-corrected chi connectivity index (χ0v) is 19.5. The fraction of sp³-hybridized carbons (Fsp3) is 0.455. The molecule has 1 unspecified atom stereocenters. The number of hydrogen-bond donors (Lipinski definition) is 1. The van der Waals surface area contributed by atoms with Gasteiger partial charge in [0, 0.05) is 37.0 Å². The van der Waals surface area contributed by atoms with Crippen molar-refractivity contribution in [2.75, 3.05) is 44.3 Å². The first-order valence-electron chi connectivity index (χ1n) is 11.0. The Morgan fingerprint density at radius 1 is 1.17 bits per heavy atom. The number of anilines is 1. The second kappa shape index (κ2) is 10.6. The van der Waals surface area contributed by atoms with Gasteiger partial charge in [-0.15, -0.1) is 11.3 Å². The van der Waals surface area contributed by atoms with Crippen molar-refractivity contribution in [2.24, 2.45) is 0 Å². The molecule has 9 nitrogen and oxygen atoms in total. The summed E-state index contributed by atoms with van der Waals surface area (Å²) in [6.45, 7) is 4.81. The van der Waals surface area contributed by atoms with Crippen LogP contribution in [-0.2, 0) is 20.7 Å². The lowest BCUT2D eigenvalue weighted by molar-refractivity contribution is -0.192. The minimum atomic E-state index is -5.08. The number of nitrogens with zero attached hydrogens (tertiary/aromatic N) is 5. The van der Waals surface area contributed by atoms with Crippen molar-refractivity contribution in [1.29, 1.82) is 0 Å². The van der Waals surface area contributed by atoms with Crippen LogP contribution in [0, 0.1) is 0 Å². The SMILES string of the molecule is O=C(Cc1cccs1)N1CCC(c2nc3ccc(N4CCOCC4)cn3n2)C1.O=C(O)C(F)(F)F. The van der Waals surface area contributed by atoms with E-state index in [1.165, 1.54) is 0 Å². The molecule has 0 saturated carbocycles. The average Bonchev–Trinajstić information content (AvgIpc) is 3.59. The molecule has 3 aromatic heterocycles. The van der Waals surface area contributed by atoms with Gasteiger partial charge in [0.1, 0.15) is 0 Å². The molecule has 2 aliphatic heterocycles. The predicted molar refractivity (Wildman–Crippen MR) is 122 cm³/mol. The maximum atomic E-state index is 12.6. The van der Waals surface area contributed by atoms with Crippen molar-refractivity contribution in [3.8, 4) is 0 Å². The number of carbonyl (C=O) groups excluding carboxylic acids is 1. The van der Waals surface area contributed by atoms with Crippen LogP contribution < -0.4 is 4.90 Å². The average molecular weight is 512 g/mol. The highest BCUT2D eigenvalue weighted by Crippen LogP contribution is 2.27. The zero-order valence-electron chi connectivity index (χ0n) is 18.6. The molecule has 2 fully saturated rings. The van der Waals surface area contributed by atoms with E-state index in [2.05, 4.69) is 11.0 Å². The summed E-state index contributed by atoms with van der Waals surface area (Å²) in [5, 5.41) is 13.9. The molecule has 5 rings (SSSR count). The van der Waals surface area contributed by atoms with Crippen LogP contribution in [0.2, 0.25) is 0 Å². The summed E-state index contributed by atoms with van der Waals surface area (Å²) in [5.41, 5.74) is 2.00. The molecule has 35 heavy (non-hydrogen) atoms. The van der Waals surface area contributed by atoms with Gasteiger partial charge in [0.15, 0.2) is 11.5 Å². The number of carboxylic acids is 1. The molecule has 0 bridgehead atoms. The number of amides is 1. The van der Waals surface area contributed by atoms with E-state index in [0.29, 0.717) is 13.0 Å². The second-order valence-electron chi connectivity index (χ2n) is 8.14. The highest BCUT2D eigenvalue weighted by Gasteiger charge is 2.38. The molecule has 1 N–H and O–H groups in total. The van der Waals surface area contributed by atoms with Crippen LogP contribution >= 0.6 is 11.3 Å². The third kappa shape index (κ3) is 6.28. The van der Waals surface area contributed by atoms with E-state index < -0.39 is 12.1 Å². The monoisotopic (exact) mass is 511 g/mol. The Morgan fingerprint density at radius 2 is 1.91 bits per heavy atom. The molecule has 13 heteroatoms. The van der Waals surface area contributed by atoms with Crippen LogP contribution in [0.25, 0.3) is 5.65 Å². The third-order valence-corrected chi connectivity index (χ3v) is 6.64. The summed E-state index contributed by atoms with van der Waals surface area (Å²) >= 11 is 1.64. The summed E-state index contributed by atoms with van der Waals surface area (Å²) < 4.78 is 39.0. The summed E-state index contributed by atoms with van der Waals surface area (Å²) in [7, 11) is 0. The van der Waals surface area contributed by atoms with Gasteiger partial charge < -0.3 is 19.6 Å². The normalized spacial score (nSPS) is 18.4. The molecule has 0 spiro atoms. The number of aromatic nitrogens is 3. The van der Waals surface area contributed by atoms with E-state index in [1.54, 1.807) is 11.3 Å². The first kappa shape index (κ1) is 24.9. The number of fused-ring (bicyclic) bond motifs is 1. The fourth-order valence-corrected chi connectivity index (χ4v) is 4.64. The number of alkyl halides is 3. The molecule has 0 radical (unpaired) electrons. The van der Waals surface area contributed by atoms with Crippen LogP contribution in [-0.4, -0.2) is 82.1 Å². The standard InChI is InChI=1S/C20H23N5O2S.C2HF3O2/c26-19(12-17-2-1-11-28-17)24-6-5-15(13-24)20-21-18-4-3-16(14-25(18)22-20)23-7-9-27-10-8-23;3-2(4,5)1(6)7/h1-4,11,14-15H,5-10,12-13H2;(H,6,7). The Labute approximate surface area is 202 Å². The number of thiophene rings is 1. The lowest BCUT2D eigenvalue weighted by atomic mass is 10.1. The first-order chi connectivity index (χ1) is 16.7. The highest BCUT2D eigenvalue weighted by atomic mass is 32.1.